The van der Waals surface area contributed by atoms with Crippen molar-refractivity contribution in [1.82, 2.24) is 0 Å². The minimum atomic E-state index is -2.46. The van der Waals surface area contributed by atoms with E-state index >= 15 is 0 Å². The highest BCUT2D eigenvalue weighted by molar-refractivity contribution is 6.94. The average Bonchev–Trinajstić information content (AvgIpc) is 2.20. The fourth-order valence-electron chi connectivity index (χ4n) is 2.83. The number of rotatable bonds is 10. The van der Waals surface area contributed by atoms with Gasteiger partial charge in [-0.2, -0.15) is 0 Å². The fraction of sp³-hybridized carbons (Fsp3) is 1.00. The van der Waals surface area contributed by atoms with Gasteiger partial charge in [-0.15, -0.1) is 0 Å². The molecule has 0 aliphatic carbocycles. The lowest BCUT2D eigenvalue weighted by Crippen LogP contribution is -2.60. The van der Waals surface area contributed by atoms with Crippen LogP contribution in [0, 0.1) is 0 Å². The first-order valence-corrected chi connectivity index (χ1v) is 22.8. The van der Waals surface area contributed by atoms with Crippen LogP contribution < -0.4 is 0 Å². The summed E-state index contributed by atoms with van der Waals surface area (Å²) in [7, 11) is -6.98. The molecule has 140 valence electrons. The average molecular weight is 415 g/mol. The van der Waals surface area contributed by atoms with Gasteiger partial charge in [-0.25, -0.2) is 0 Å². The second-order valence-corrected chi connectivity index (χ2v) is 29.2. The molecule has 0 amide bonds. The van der Waals surface area contributed by atoms with Crippen molar-refractivity contribution in [1.29, 1.82) is 0 Å². The van der Waals surface area contributed by atoms with Crippen molar-refractivity contribution in [3.8, 4) is 0 Å². The third-order valence-electron chi connectivity index (χ3n) is 3.04. The molecule has 0 heterocycles. The van der Waals surface area contributed by atoms with Crippen molar-refractivity contribution in [3.05, 3.63) is 0 Å². The predicted octanol–water partition coefficient (Wildman–Crippen LogP) is 4.38. The van der Waals surface area contributed by atoms with Gasteiger partial charge in [0.25, 0.3) is 0 Å². The maximum absolute atomic E-state index is 6.65. The Morgan fingerprint density at radius 2 is 0.913 bits per heavy atom. The van der Waals surface area contributed by atoms with E-state index in [0.29, 0.717) is 0 Å². The highest BCUT2D eigenvalue weighted by atomic mass is 28.5. The van der Waals surface area contributed by atoms with Crippen molar-refractivity contribution in [2.75, 3.05) is 14.2 Å². The Balaban J connectivity index is 5.44. The molecule has 1 unspecified atom stereocenters. The molecule has 0 N–H and O–H groups in total. The van der Waals surface area contributed by atoms with Crippen LogP contribution in [0.4, 0.5) is 0 Å². The SMILES string of the molecule is CO[Si](C)(C[Si](C)(O[Si](C)(C)C)O[Si](C)(C)O[Si](C)(C)C)OC. The van der Waals surface area contributed by atoms with Crippen molar-refractivity contribution in [2.24, 2.45) is 0 Å². The van der Waals surface area contributed by atoms with Gasteiger partial charge in [-0.3, -0.25) is 0 Å². The van der Waals surface area contributed by atoms with E-state index in [1.165, 1.54) is 0 Å². The molecule has 0 fully saturated rings. The van der Waals surface area contributed by atoms with Crippen LogP contribution in [0.3, 0.4) is 0 Å². The highest BCUT2D eigenvalue weighted by Crippen LogP contribution is 2.30. The van der Waals surface area contributed by atoms with E-state index in [1.54, 1.807) is 14.2 Å². The van der Waals surface area contributed by atoms with Crippen molar-refractivity contribution < 1.29 is 21.2 Å². The highest BCUT2D eigenvalue weighted by Gasteiger charge is 2.50. The van der Waals surface area contributed by atoms with E-state index in [1.807, 2.05) is 0 Å². The van der Waals surface area contributed by atoms with Crippen LogP contribution in [0.2, 0.25) is 71.1 Å². The van der Waals surface area contributed by atoms with Gasteiger partial charge in [0.2, 0.25) is 0 Å². The summed E-state index contributed by atoms with van der Waals surface area (Å²) in [4.78, 5) is 0. The minimum absolute atomic E-state index is 0.753. The Morgan fingerprint density at radius 3 is 1.22 bits per heavy atom. The third kappa shape index (κ3) is 10.5. The molecular weight excluding hydrogens is 377 g/mol. The van der Waals surface area contributed by atoms with Crippen LogP contribution in [-0.2, 0) is 21.2 Å². The molecule has 0 aromatic carbocycles. The molecular formula is C13H38O5Si5. The van der Waals surface area contributed by atoms with Crippen molar-refractivity contribution >= 4 is 42.3 Å². The van der Waals surface area contributed by atoms with E-state index < -0.39 is 42.3 Å². The van der Waals surface area contributed by atoms with Crippen LogP contribution in [0.5, 0.6) is 0 Å². The Morgan fingerprint density at radius 1 is 0.522 bits per heavy atom. The molecule has 0 aliphatic heterocycles. The summed E-state index contributed by atoms with van der Waals surface area (Å²) in [6.45, 7) is 21.7. The first kappa shape index (κ1) is 23.9. The Kier molecular flexibility index (Phi) is 8.37. The summed E-state index contributed by atoms with van der Waals surface area (Å²) in [5, 5.41) is 0. The molecule has 0 saturated carbocycles. The van der Waals surface area contributed by atoms with E-state index in [9.17, 15) is 0 Å². The summed E-state index contributed by atoms with van der Waals surface area (Å²) in [6.07, 6.45) is 0. The molecule has 0 rings (SSSR count). The number of hydrogen-bond acceptors (Lipinski definition) is 5. The molecule has 0 aromatic heterocycles. The van der Waals surface area contributed by atoms with Crippen molar-refractivity contribution in [2.45, 2.75) is 71.1 Å². The topological polar surface area (TPSA) is 46.2 Å². The normalized spacial score (nSPS) is 17.2. The van der Waals surface area contributed by atoms with Gasteiger partial charge in [-0.05, 0) is 65.5 Å². The summed E-state index contributed by atoms with van der Waals surface area (Å²) in [5.41, 5.74) is 0.753. The quantitative estimate of drug-likeness (QED) is 0.496. The molecule has 0 aromatic rings. The molecule has 0 aliphatic rings. The first-order chi connectivity index (χ1) is 9.95. The Hall–Kier alpha value is 0.884. The largest absolute Gasteiger partial charge is 0.437 e. The van der Waals surface area contributed by atoms with Gasteiger partial charge in [0.05, 0.1) is 0 Å². The molecule has 0 radical (unpaired) electrons. The fourth-order valence-corrected chi connectivity index (χ4v) is 27.0. The van der Waals surface area contributed by atoms with Gasteiger partial charge in [0, 0.05) is 19.9 Å². The van der Waals surface area contributed by atoms with Crippen LogP contribution in [0.25, 0.3) is 0 Å². The molecule has 0 saturated heterocycles. The van der Waals surface area contributed by atoms with Gasteiger partial charge in [0.1, 0.15) is 0 Å². The van der Waals surface area contributed by atoms with Crippen LogP contribution in [0.15, 0.2) is 0 Å². The maximum atomic E-state index is 6.65. The second kappa shape index (κ2) is 8.06. The third-order valence-corrected chi connectivity index (χ3v) is 22.2. The van der Waals surface area contributed by atoms with E-state index in [0.717, 1.165) is 5.67 Å². The summed E-state index contributed by atoms with van der Waals surface area (Å²) in [5.74, 6) is 0. The maximum Gasteiger partial charge on any atom is 0.336 e. The van der Waals surface area contributed by atoms with Crippen LogP contribution in [-0.4, -0.2) is 56.5 Å². The Bertz CT molecular complexity index is 376. The molecule has 0 bridgehead atoms. The second-order valence-electron chi connectivity index (χ2n) is 8.78. The lowest BCUT2D eigenvalue weighted by Gasteiger charge is -2.43. The molecule has 10 heteroatoms. The van der Waals surface area contributed by atoms with Crippen molar-refractivity contribution in [3.63, 3.8) is 0 Å². The smallest absolute Gasteiger partial charge is 0.336 e. The van der Waals surface area contributed by atoms with E-state index in [2.05, 4.69) is 65.5 Å². The lowest BCUT2D eigenvalue weighted by molar-refractivity contribution is 0.247. The summed E-state index contributed by atoms with van der Waals surface area (Å²) < 4.78 is 31.0. The number of hydrogen-bond donors (Lipinski definition) is 0. The van der Waals surface area contributed by atoms with Gasteiger partial charge in [0.15, 0.2) is 16.6 Å². The molecule has 23 heavy (non-hydrogen) atoms. The Labute approximate surface area is 149 Å². The zero-order chi connectivity index (χ0) is 18.7. The van der Waals surface area contributed by atoms with E-state index in [4.69, 9.17) is 21.2 Å². The van der Waals surface area contributed by atoms with E-state index in [-0.39, 0.29) is 0 Å². The molecule has 0 spiro atoms. The predicted molar refractivity (Wildman–Crippen MR) is 109 cm³/mol. The van der Waals surface area contributed by atoms with Gasteiger partial charge >= 0.3 is 25.7 Å². The van der Waals surface area contributed by atoms with Crippen LogP contribution in [0.1, 0.15) is 0 Å². The summed E-state index contributed by atoms with van der Waals surface area (Å²) >= 11 is 0. The summed E-state index contributed by atoms with van der Waals surface area (Å²) in [6, 6.07) is 0. The van der Waals surface area contributed by atoms with Crippen LogP contribution >= 0.6 is 0 Å². The standard InChI is InChI=1S/C13H38O5Si5/c1-14-22(11,15-2)13-23(12,17-20(6,7)8)18-21(9,10)16-19(3,4)5/h13H2,1-12H3. The van der Waals surface area contributed by atoms with Gasteiger partial charge in [-0.1, -0.05) is 0 Å². The molecule has 1 atom stereocenters. The lowest BCUT2D eigenvalue weighted by atomic mass is 11.8. The first-order valence-electron chi connectivity index (χ1n) is 8.16. The molecule has 5 nitrogen and oxygen atoms in total. The monoisotopic (exact) mass is 414 g/mol. The van der Waals surface area contributed by atoms with Gasteiger partial charge < -0.3 is 21.2 Å². The zero-order valence-electron chi connectivity index (χ0n) is 17.2. The zero-order valence-corrected chi connectivity index (χ0v) is 22.2. The minimum Gasteiger partial charge on any atom is -0.437 e.